The van der Waals surface area contributed by atoms with Crippen LogP contribution in [0.4, 0.5) is 0 Å². The maximum Gasteiger partial charge on any atom is 0.119 e. The molecule has 0 aliphatic carbocycles. The minimum Gasteiger partial charge on any atom is -0.493 e. The summed E-state index contributed by atoms with van der Waals surface area (Å²) >= 11 is 0. The smallest absolute Gasteiger partial charge is 0.119 e. The Kier molecular flexibility index (Phi) is 5.16. The number of nitrogens with one attached hydrogen (secondary N) is 1. The first-order valence-electron chi connectivity index (χ1n) is 6.68. The van der Waals surface area contributed by atoms with Crippen molar-refractivity contribution >= 4 is 0 Å². The van der Waals surface area contributed by atoms with Crippen molar-refractivity contribution in [3.8, 4) is 22.9 Å². The summed E-state index contributed by atoms with van der Waals surface area (Å²) in [5.74, 6) is 0.831. The molecule has 1 unspecified atom stereocenters. The van der Waals surface area contributed by atoms with E-state index in [1.165, 1.54) is 11.1 Å². The van der Waals surface area contributed by atoms with E-state index < -0.39 is 0 Å². The fourth-order valence-electron chi connectivity index (χ4n) is 1.94. The highest BCUT2D eigenvalue weighted by Gasteiger charge is 2.04. The van der Waals surface area contributed by atoms with Crippen molar-refractivity contribution in [2.45, 2.75) is 12.5 Å². The third kappa shape index (κ3) is 3.84. The van der Waals surface area contributed by atoms with E-state index in [9.17, 15) is 0 Å². The quantitative estimate of drug-likeness (QED) is 0.873. The molecular formula is C17H18N2O. The predicted molar refractivity (Wildman–Crippen MR) is 80.5 cm³/mol. The largest absolute Gasteiger partial charge is 0.493 e. The van der Waals surface area contributed by atoms with Crippen LogP contribution in [0.2, 0.25) is 0 Å². The fourth-order valence-corrected chi connectivity index (χ4v) is 1.94. The van der Waals surface area contributed by atoms with Gasteiger partial charge in [0.05, 0.1) is 18.7 Å². The Bertz CT molecular complexity index is 558. The third-order valence-electron chi connectivity index (χ3n) is 3.14. The van der Waals surface area contributed by atoms with Gasteiger partial charge in [0.25, 0.3) is 0 Å². The molecule has 1 atom stereocenters. The molecule has 20 heavy (non-hydrogen) atoms. The van der Waals surface area contributed by atoms with Gasteiger partial charge in [0.1, 0.15) is 5.75 Å². The molecule has 2 rings (SSSR count). The van der Waals surface area contributed by atoms with E-state index in [-0.39, 0.29) is 6.04 Å². The summed E-state index contributed by atoms with van der Waals surface area (Å²) in [6.45, 7) is 0.531. The second-order valence-electron chi connectivity index (χ2n) is 4.50. The van der Waals surface area contributed by atoms with Crippen molar-refractivity contribution in [1.29, 1.82) is 5.26 Å². The van der Waals surface area contributed by atoms with Gasteiger partial charge < -0.3 is 10.1 Å². The summed E-state index contributed by atoms with van der Waals surface area (Å²) < 4.78 is 5.64. The molecule has 0 saturated carbocycles. The van der Waals surface area contributed by atoms with E-state index in [0.29, 0.717) is 13.0 Å². The summed E-state index contributed by atoms with van der Waals surface area (Å²) in [6.07, 6.45) is 0.674. The van der Waals surface area contributed by atoms with Gasteiger partial charge >= 0.3 is 0 Å². The zero-order valence-corrected chi connectivity index (χ0v) is 11.5. The minimum absolute atomic E-state index is 0.154. The summed E-state index contributed by atoms with van der Waals surface area (Å²) in [5, 5.41) is 11.7. The van der Waals surface area contributed by atoms with Crippen molar-refractivity contribution in [1.82, 2.24) is 5.32 Å². The van der Waals surface area contributed by atoms with Crippen molar-refractivity contribution in [3.63, 3.8) is 0 Å². The molecule has 1 N–H and O–H groups in total. The van der Waals surface area contributed by atoms with Crippen LogP contribution in [0, 0.1) is 11.3 Å². The molecule has 102 valence electrons. The van der Waals surface area contributed by atoms with E-state index in [4.69, 9.17) is 10.00 Å². The molecule has 0 aliphatic heterocycles. The van der Waals surface area contributed by atoms with Crippen molar-refractivity contribution in [2.75, 3.05) is 13.7 Å². The molecule has 0 bridgehead atoms. The van der Waals surface area contributed by atoms with Crippen molar-refractivity contribution in [3.05, 3.63) is 54.6 Å². The topological polar surface area (TPSA) is 45.0 Å². The normalized spacial score (nSPS) is 11.6. The molecule has 3 heteroatoms. The Morgan fingerprint density at radius 3 is 2.30 bits per heavy atom. The molecule has 2 aromatic carbocycles. The number of nitrogens with zero attached hydrogens (tertiary/aromatic N) is 1. The lowest BCUT2D eigenvalue weighted by molar-refractivity contribution is 0.300. The van der Waals surface area contributed by atoms with E-state index in [2.05, 4.69) is 23.5 Å². The molecular weight excluding hydrogens is 248 g/mol. The maximum absolute atomic E-state index is 8.82. The van der Waals surface area contributed by atoms with Gasteiger partial charge in [-0.25, -0.2) is 0 Å². The first-order chi connectivity index (χ1) is 9.83. The van der Waals surface area contributed by atoms with Gasteiger partial charge in [0.15, 0.2) is 0 Å². The first-order valence-corrected chi connectivity index (χ1v) is 6.68. The standard InChI is InChI=1S/C17H18N2O/c1-19-16(13-18)11-12-20-17-9-7-15(8-10-17)14-5-3-2-4-6-14/h2-10,16,19H,11-12H2,1H3. The summed E-state index contributed by atoms with van der Waals surface area (Å²) in [7, 11) is 1.78. The van der Waals surface area contributed by atoms with Crippen LogP contribution in [-0.4, -0.2) is 19.7 Å². The number of nitriles is 1. The summed E-state index contributed by atoms with van der Waals surface area (Å²) in [6, 6.07) is 20.3. The zero-order chi connectivity index (χ0) is 14.2. The molecule has 0 radical (unpaired) electrons. The molecule has 0 aliphatic rings. The van der Waals surface area contributed by atoms with E-state index >= 15 is 0 Å². The first kappa shape index (κ1) is 14.1. The molecule has 0 amide bonds. The second kappa shape index (κ2) is 7.32. The second-order valence-corrected chi connectivity index (χ2v) is 4.50. The van der Waals surface area contributed by atoms with Gasteiger partial charge in [-0.2, -0.15) is 5.26 Å². The number of rotatable bonds is 6. The van der Waals surface area contributed by atoms with Crippen LogP contribution in [0.1, 0.15) is 6.42 Å². The lowest BCUT2D eigenvalue weighted by atomic mass is 10.1. The molecule has 3 nitrogen and oxygen atoms in total. The van der Waals surface area contributed by atoms with E-state index in [1.807, 2.05) is 42.5 Å². The highest BCUT2D eigenvalue weighted by atomic mass is 16.5. The van der Waals surface area contributed by atoms with Gasteiger partial charge in [0.2, 0.25) is 0 Å². The van der Waals surface area contributed by atoms with Gasteiger partial charge in [-0.3, -0.25) is 0 Å². The monoisotopic (exact) mass is 266 g/mol. The molecule has 0 spiro atoms. The van der Waals surface area contributed by atoms with Crippen LogP contribution in [-0.2, 0) is 0 Å². The lowest BCUT2D eigenvalue weighted by Gasteiger charge is -2.10. The Hall–Kier alpha value is -2.31. The van der Waals surface area contributed by atoms with Crippen LogP contribution in [0.25, 0.3) is 11.1 Å². The number of hydrogen-bond donors (Lipinski definition) is 1. The SMILES string of the molecule is CNC(C#N)CCOc1ccc(-c2ccccc2)cc1. The Balaban J connectivity index is 1.91. The molecule has 2 aromatic rings. The summed E-state index contributed by atoms with van der Waals surface area (Å²) in [4.78, 5) is 0. The highest BCUT2D eigenvalue weighted by Crippen LogP contribution is 2.22. The number of benzene rings is 2. The van der Waals surface area contributed by atoms with E-state index in [0.717, 1.165) is 5.75 Å². The zero-order valence-electron chi connectivity index (χ0n) is 11.5. The van der Waals surface area contributed by atoms with Gasteiger partial charge in [0, 0.05) is 6.42 Å². The van der Waals surface area contributed by atoms with Crippen molar-refractivity contribution in [2.24, 2.45) is 0 Å². The molecule has 0 saturated heterocycles. The number of hydrogen-bond acceptors (Lipinski definition) is 3. The average molecular weight is 266 g/mol. The van der Waals surface area contributed by atoms with Gasteiger partial charge in [-0.05, 0) is 30.3 Å². The maximum atomic E-state index is 8.82. The van der Waals surface area contributed by atoms with Gasteiger partial charge in [-0.15, -0.1) is 0 Å². The number of ether oxygens (including phenoxy) is 1. The Labute approximate surface area is 119 Å². The molecule has 0 heterocycles. The van der Waals surface area contributed by atoms with Crippen LogP contribution < -0.4 is 10.1 Å². The fraction of sp³-hybridized carbons (Fsp3) is 0.235. The molecule has 0 fully saturated rings. The Morgan fingerprint density at radius 1 is 1.05 bits per heavy atom. The predicted octanol–water partition coefficient (Wildman–Crippen LogP) is 3.23. The highest BCUT2D eigenvalue weighted by molar-refractivity contribution is 5.63. The van der Waals surface area contributed by atoms with Crippen LogP contribution in [0.3, 0.4) is 0 Å². The molecule has 0 aromatic heterocycles. The average Bonchev–Trinajstić information content (AvgIpc) is 2.53. The van der Waals surface area contributed by atoms with Crippen LogP contribution in [0.15, 0.2) is 54.6 Å². The van der Waals surface area contributed by atoms with Crippen LogP contribution in [0.5, 0.6) is 5.75 Å². The van der Waals surface area contributed by atoms with Gasteiger partial charge in [-0.1, -0.05) is 42.5 Å². The minimum atomic E-state index is -0.154. The Morgan fingerprint density at radius 2 is 1.70 bits per heavy atom. The van der Waals surface area contributed by atoms with Crippen molar-refractivity contribution < 1.29 is 4.74 Å². The third-order valence-corrected chi connectivity index (χ3v) is 3.14. The lowest BCUT2D eigenvalue weighted by Crippen LogP contribution is -2.25. The van der Waals surface area contributed by atoms with E-state index in [1.54, 1.807) is 7.05 Å². The van der Waals surface area contributed by atoms with Crippen LogP contribution >= 0.6 is 0 Å². The summed E-state index contributed by atoms with van der Waals surface area (Å²) in [5.41, 5.74) is 2.36.